The van der Waals surface area contributed by atoms with E-state index in [9.17, 15) is 0 Å². The van der Waals surface area contributed by atoms with Crippen LogP contribution in [0.1, 0.15) is 5.56 Å². The molecule has 1 aliphatic heterocycles. The maximum absolute atomic E-state index is 5.09. The van der Waals surface area contributed by atoms with Crippen LogP contribution >= 0.6 is 12.2 Å². The summed E-state index contributed by atoms with van der Waals surface area (Å²) in [5.74, 6) is 0. The normalized spacial score (nSPS) is 16.2. The van der Waals surface area contributed by atoms with Gasteiger partial charge in [-0.05, 0) is 11.6 Å². The van der Waals surface area contributed by atoms with Crippen molar-refractivity contribution in [1.29, 1.82) is 0 Å². The zero-order valence-electron chi connectivity index (χ0n) is 6.63. The Labute approximate surface area is 77.0 Å². The van der Waals surface area contributed by atoms with Crippen LogP contribution in [0.4, 0.5) is 5.69 Å². The first-order chi connectivity index (χ1) is 5.86. The van der Waals surface area contributed by atoms with Gasteiger partial charge in [-0.2, -0.15) is 0 Å². The van der Waals surface area contributed by atoms with Gasteiger partial charge in [-0.25, -0.2) is 0 Å². The summed E-state index contributed by atoms with van der Waals surface area (Å²) >= 11 is 5.09. The van der Waals surface area contributed by atoms with Gasteiger partial charge in [0.05, 0.1) is 4.99 Å². The van der Waals surface area contributed by atoms with Crippen molar-refractivity contribution >= 4 is 22.9 Å². The molecule has 1 heterocycles. The van der Waals surface area contributed by atoms with Gasteiger partial charge in [0.2, 0.25) is 0 Å². The average Bonchev–Trinajstić information content (AvgIpc) is 2.25. The van der Waals surface area contributed by atoms with Gasteiger partial charge in [-0.15, -0.1) is 0 Å². The molecule has 0 unspecified atom stereocenters. The maximum atomic E-state index is 5.09. The Kier molecular flexibility index (Phi) is 2.06. The summed E-state index contributed by atoms with van der Waals surface area (Å²) in [5.41, 5.74) is 2.41. The van der Waals surface area contributed by atoms with Gasteiger partial charge in [-0.3, -0.25) is 0 Å². The Bertz CT molecular complexity index is 309. The van der Waals surface area contributed by atoms with Crippen LogP contribution in [-0.2, 0) is 6.54 Å². The lowest BCUT2D eigenvalue weighted by Crippen LogP contribution is -2.21. The third-order valence-electron chi connectivity index (χ3n) is 1.89. The quantitative estimate of drug-likeness (QED) is 0.589. The first kappa shape index (κ1) is 7.71. The molecule has 0 spiro atoms. The number of hydrogen-bond acceptors (Lipinski definition) is 2. The van der Waals surface area contributed by atoms with Crippen molar-refractivity contribution in [2.75, 3.05) is 11.9 Å². The Hall–Kier alpha value is -0.930. The third kappa shape index (κ3) is 1.47. The fourth-order valence-electron chi connectivity index (χ4n) is 1.30. The molecule has 1 aromatic carbocycles. The number of benzene rings is 1. The van der Waals surface area contributed by atoms with Gasteiger partial charge in [0.1, 0.15) is 0 Å². The summed E-state index contributed by atoms with van der Waals surface area (Å²) in [5, 5.41) is 6.44. The number of rotatable bonds is 0. The van der Waals surface area contributed by atoms with E-state index in [2.05, 4.69) is 22.8 Å². The highest BCUT2D eigenvalue weighted by molar-refractivity contribution is 7.80. The first-order valence-corrected chi connectivity index (χ1v) is 4.35. The Morgan fingerprint density at radius 3 is 2.92 bits per heavy atom. The molecule has 0 amide bonds. The van der Waals surface area contributed by atoms with Crippen LogP contribution in [-0.4, -0.2) is 11.5 Å². The summed E-state index contributed by atoms with van der Waals surface area (Å²) in [7, 11) is 0. The monoisotopic (exact) mass is 178 g/mol. The fraction of sp³-hybridized carbons (Fsp3) is 0.222. The van der Waals surface area contributed by atoms with Gasteiger partial charge in [0, 0.05) is 18.8 Å². The van der Waals surface area contributed by atoms with Crippen LogP contribution in [0, 0.1) is 0 Å². The lowest BCUT2D eigenvalue weighted by molar-refractivity contribution is 0.789. The number of nitrogens with one attached hydrogen (secondary N) is 2. The van der Waals surface area contributed by atoms with Gasteiger partial charge in [0.25, 0.3) is 0 Å². The molecule has 12 heavy (non-hydrogen) atoms. The highest BCUT2D eigenvalue weighted by Crippen LogP contribution is 2.16. The molecule has 0 saturated heterocycles. The van der Waals surface area contributed by atoms with E-state index < -0.39 is 0 Å². The van der Waals surface area contributed by atoms with Crippen molar-refractivity contribution in [2.24, 2.45) is 0 Å². The van der Waals surface area contributed by atoms with E-state index in [0.29, 0.717) is 0 Å². The summed E-state index contributed by atoms with van der Waals surface area (Å²) in [6.45, 7) is 1.66. The summed E-state index contributed by atoms with van der Waals surface area (Å²) in [4.78, 5) is 0.861. The molecule has 2 N–H and O–H groups in total. The second-order valence-corrected chi connectivity index (χ2v) is 3.30. The van der Waals surface area contributed by atoms with Crippen molar-refractivity contribution in [2.45, 2.75) is 6.54 Å². The molecular weight excluding hydrogens is 168 g/mol. The smallest absolute Gasteiger partial charge is 0.0937 e. The topological polar surface area (TPSA) is 24.1 Å². The zero-order valence-corrected chi connectivity index (χ0v) is 7.45. The number of para-hydroxylation sites is 1. The van der Waals surface area contributed by atoms with Crippen LogP contribution < -0.4 is 10.6 Å². The van der Waals surface area contributed by atoms with Gasteiger partial charge in [0.15, 0.2) is 0 Å². The zero-order chi connectivity index (χ0) is 8.39. The van der Waals surface area contributed by atoms with Crippen LogP contribution in [0.2, 0.25) is 0 Å². The third-order valence-corrected chi connectivity index (χ3v) is 2.14. The molecule has 0 bridgehead atoms. The lowest BCUT2D eigenvalue weighted by atomic mass is 10.2. The van der Waals surface area contributed by atoms with Crippen molar-refractivity contribution in [3.05, 3.63) is 29.8 Å². The molecule has 0 saturated carbocycles. The van der Waals surface area contributed by atoms with Gasteiger partial charge < -0.3 is 10.6 Å². The van der Waals surface area contributed by atoms with E-state index in [1.165, 1.54) is 5.56 Å². The number of anilines is 1. The van der Waals surface area contributed by atoms with Crippen molar-refractivity contribution in [3.8, 4) is 0 Å². The van der Waals surface area contributed by atoms with E-state index >= 15 is 0 Å². The van der Waals surface area contributed by atoms with Crippen LogP contribution in [0.25, 0.3) is 0 Å². The molecule has 2 nitrogen and oxygen atoms in total. The van der Waals surface area contributed by atoms with Crippen LogP contribution in [0.5, 0.6) is 0 Å². The van der Waals surface area contributed by atoms with Crippen LogP contribution in [0.3, 0.4) is 0 Å². The molecule has 0 aliphatic carbocycles. The van der Waals surface area contributed by atoms with Crippen LogP contribution in [0.15, 0.2) is 24.3 Å². The number of fused-ring (bicyclic) bond motifs is 1. The summed E-state index contributed by atoms with van der Waals surface area (Å²) in [6.07, 6.45) is 0. The molecule has 62 valence electrons. The molecule has 3 heteroatoms. The Morgan fingerprint density at radius 2 is 2.00 bits per heavy atom. The van der Waals surface area contributed by atoms with E-state index in [1.54, 1.807) is 0 Å². The lowest BCUT2D eigenvalue weighted by Gasteiger charge is -2.05. The average molecular weight is 178 g/mol. The van der Waals surface area contributed by atoms with E-state index in [1.807, 2.05) is 12.1 Å². The minimum atomic E-state index is 0.768. The van der Waals surface area contributed by atoms with E-state index in [-0.39, 0.29) is 0 Å². The highest BCUT2D eigenvalue weighted by Gasteiger charge is 2.07. The standard InChI is InChI=1S/C9H10N2S/c12-9-6-10-5-7-3-1-2-4-8(7)11-9/h1-4,10H,5-6H2,(H,11,12). The van der Waals surface area contributed by atoms with Gasteiger partial charge >= 0.3 is 0 Å². The largest absolute Gasteiger partial charge is 0.349 e. The molecule has 2 rings (SSSR count). The molecule has 0 fully saturated rings. The van der Waals surface area contributed by atoms with Gasteiger partial charge in [-0.1, -0.05) is 30.4 Å². The Balaban J connectivity index is 2.37. The van der Waals surface area contributed by atoms with E-state index in [4.69, 9.17) is 12.2 Å². The number of thiocarbonyl (C=S) groups is 1. The SMILES string of the molecule is S=C1CNCc2ccccc2N1. The molecule has 1 aliphatic rings. The maximum Gasteiger partial charge on any atom is 0.0937 e. The first-order valence-electron chi connectivity index (χ1n) is 3.95. The van der Waals surface area contributed by atoms with Crippen molar-refractivity contribution < 1.29 is 0 Å². The number of hydrogen-bond donors (Lipinski definition) is 2. The molecule has 1 aromatic rings. The molecular formula is C9H10N2S. The minimum Gasteiger partial charge on any atom is -0.349 e. The predicted octanol–water partition coefficient (Wildman–Crippen LogP) is 1.53. The van der Waals surface area contributed by atoms with E-state index in [0.717, 1.165) is 23.8 Å². The van der Waals surface area contributed by atoms with Crippen molar-refractivity contribution in [1.82, 2.24) is 5.32 Å². The second kappa shape index (κ2) is 3.21. The van der Waals surface area contributed by atoms with Crippen molar-refractivity contribution in [3.63, 3.8) is 0 Å². The Morgan fingerprint density at radius 1 is 1.17 bits per heavy atom. The molecule has 0 aromatic heterocycles. The predicted molar refractivity (Wildman–Crippen MR) is 54.4 cm³/mol. The minimum absolute atomic E-state index is 0.768. The summed E-state index contributed by atoms with van der Waals surface area (Å²) < 4.78 is 0. The summed E-state index contributed by atoms with van der Waals surface area (Å²) in [6, 6.07) is 8.20. The fourth-order valence-corrected chi connectivity index (χ4v) is 1.51. The molecule has 0 atom stereocenters. The highest BCUT2D eigenvalue weighted by atomic mass is 32.1. The second-order valence-electron chi connectivity index (χ2n) is 2.81. The molecule has 0 radical (unpaired) electrons.